The third kappa shape index (κ3) is 9.12. The summed E-state index contributed by atoms with van der Waals surface area (Å²) in [6.45, 7) is 4.00. The highest BCUT2D eigenvalue weighted by Crippen LogP contribution is 2.38. The number of ether oxygens (including phenoxy) is 3. The first-order valence-electron chi connectivity index (χ1n) is 12.0. The van der Waals surface area contributed by atoms with Crippen LogP contribution in [0.25, 0.3) is 10.4 Å². The molecule has 0 unspecified atom stereocenters. The zero-order valence-corrected chi connectivity index (χ0v) is 23.1. The zero-order valence-electron chi connectivity index (χ0n) is 20.8. The van der Waals surface area contributed by atoms with Crippen molar-refractivity contribution in [2.24, 2.45) is 5.11 Å². The Morgan fingerprint density at radius 1 is 1.05 bits per heavy atom. The molecule has 1 atom stereocenters. The predicted octanol–water partition coefficient (Wildman–Crippen LogP) is 5.09. The maximum Gasteiger partial charge on any atom is 0.178 e. The van der Waals surface area contributed by atoms with E-state index in [2.05, 4.69) is 14.9 Å². The van der Waals surface area contributed by atoms with Crippen LogP contribution < -0.4 is 0 Å². The Morgan fingerprint density at radius 3 is 2.49 bits per heavy atom. The SMILES string of the molecule is CN1Cc2c(Cl)cc(Cl)cc2[C@H](c2cccc(S(=O)(=O)CCCOCCOCCOCCN=[N+]=[N-])c2)C1. The summed E-state index contributed by atoms with van der Waals surface area (Å²) in [5.74, 6) is -0.0327. The van der Waals surface area contributed by atoms with E-state index in [0.717, 1.165) is 29.8 Å². The average molecular weight is 572 g/mol. The molecule has 3 rings (SSSR count). The Hall–Kier alpha value is -1.88. The van der Waals surface area contributed by atoms with Crippen molar-refractivity contribution >= 4 is 33.0 Å². The van der Waals surface area contributed by atoms with Crippen molar-refractivity contribution in [2.45, 2.75) is 23.8 Å². The summed E-state index contributed by atoms with van der Waals surface area (Å²) >= 11 is 12.8. The molecule has 0 fully saturated rings. The van der Waals surface area contributed by atoms with Crippen molar-refractivity contribution in [2.75, 3.05) is 65.5 Å². The summed E-state index contributed by atoms with van der Waals surface area (Å²) in [5, 5.41) is 4.57. The summed E-state index contributed by atoms with van der Waals surface area (Å²) in [6, 6.07) is 10.8. The lowest BCUT2D eigenvalue weighted by Gasteiger charge is -2.33. The van der Waals surface area contributed by atoms with Crippen LogP contribution >= 0.6 is 23.2 Å². The largest absolute Gasteiger partial charge is 0.379 e. The molecule has 0 saturated carbocycles. The fraction of sp³-hybridized carbons (Fsp3) is 0.520. The van der Waals surface area contributed by atoms with E-state index in [4.69, 9.17) is 42.9 Å². The van der Waals surface area contributed by atoms with Crippen molar-refractivity contribution in [3.8, 4) is 0 Å². The van der Waals surface area contributed by atoms with Gasteiger partial charge in [-0.25, -0.2) is 8.42 Å². The summed E-state index contributed by atoms with van der Waals surface area (Å²) in [5.41, 5.74) is 11.2. The molecule has 0 bridgehead atoms. The quantitative estimate of drug-likeness (QED) is 0.127. The molecular weight excluding hydrogens is 539 g/mol. The third-order valence-electron chi connectivity index (χ3n) is 5.96. The maximum absolute atomic E-state index is 13.0. The number of rotatable bonds is 15. The molecule has 0 aromatic heterocycles. The highest BCUT2D eigenvalue weighted by molar-refractivity contribution is 7.91. The summed E-state index contributed by atoms with van der Waals surface area (Å²) in [7, 11) is -1.44. The second-order valence-electron chi connectivity index (χ2n) is 8.74. The number of sulfone groups is 1. The lowest BCUT2D eigenvalue weighted by atomic mass is 9.85. The number of likely N-dealkylation sites (N-methyl/N-ethyl adjacent to an activating group) is 1. The van der Waals surface area contributed by atoms with E-state index in [-0.39, 0.29) is 11.7 Å². The van der Waals surface area contributed by atoms with Gasteiger partial charge in [-0.2, -0.15) is 0 Å². The van der Waals surface area contributed by atoms with Gasteiger partial charge in [-0.1, -0.05) is 40.4 Å². The highest BCUT2D eigenvalue weighted by atomic mass is 35.5. The number of benzene rings is 2. The number of hydrogen-bond donors (Lipinski definition) is 0. The van der Waals surface area contributed by atoms with Crippen LogP contribution in [0, 0.1) is 0 Å². The van der Waals surface area contributed by atoms with E-state index in [0.29, 0.717) is 67.5 Å². The maximum atomic E-state index is 13.0. The molecule has 2 aromatic rings. The second-order valence-corrected chi connectivity index (χ2v) is 11.7. The van der Waals surface area contributed by atoms with E-state index in [1.165, 1.54) is 0 Å². The van der Waals surface area contributed by atoms with Crippen LogP contribution in [0.5, 0.6) is 0 Å². The van der Waals surface area contributed by atoms with Gasteiger partial charge in [0, 0.05) is 47.1 Å². The van der Waals surface area contributed by atoms with Crippen LogP contribution in [0.4, 0.5) is 0 Å². The van der Waals surface area contributed by atoms with E-state index in [1.807, 2.05) is 19.2 Å². The molecule has 0 radical (unpaired) electrons. The van der Waals surface area contributed by atoms with Gasteiger partial charge in [-0.15, -0.1) is 0 Å². The van der Waals surface area contributed by atoms with Gasteiger partial charge in [0.25, 0.3) is 0 Å². The van der Waals surface area contributed by atoms with Gasteiger partial charge >= 0.3 is 0 Å². The van der Waals surface area contributed by atoms with Crippen LogP contribution in [-0.2, 0) is 30.6 Å². The first-order valence-corrected chi connectivity index (χ1v) is 14.5. The Morgan fingerprint density at radius 2 is 1.76 bits per heavy atom. The first-order chi connectivity index (χ1) is 17.8. The van der Waals surface area contributed by atoms with Gasteiger partial charge in [0.05, 0.1) is 43.7 Å². The number of fused-ring (bicyclic) bond motifs is 1. The number of nitrogens with zero attached hydrogens (tertiary/aromatic N) is 4. The average Bonchev–Trinajstić information content (AvgIpc) is 2.87. The van der Waals surface area contributed by atoms with Gasteiger partial charge < -0.3 is 19.1 Å². The van der Waals surface area contributed by atoms with E-state index < -0.39 is 9.84 Å². The molecule has 12 heteroatoms. The van der Waals surface area contributed by atoms with Crippen molar-refractivity contribution in [3.63, 3.8) is 0 Å². The van der Waals surface area contributed by atoms with Crippen LogP contribution in [-0.4, -0.2) is 78.8 Å². The standard InChI is InChI=1S/C25H32Cl2N4O5S/c1-31-17-23(22-15-20(26)16-25(27)24(22)18-31)19-4-2-5-21(14-19)37(32,33)13-3-7-34-9-11-36-12-10-35-8-6-29-30-28/h2,4-5,14-16,23H,3,6-13,17-18H2,1H3/t23-/m0/s1. The Balaban J connectivity index is 1.47. The van der Waals surface area contributed by atoms with Gasteiger partial charge in [0.2, 0.25) is 0 Å². The molecule has 0 spiro atoms. The Kier molecular flexibility index (Phi) is 11.9. The number of halogens is 2. The van der Waals surface area contributed by atoms with Crippen LogP contribution in [0.1, 0.15) is 29.0 Å². The third-order valence-corrected chi connectivity index (χ3v) is 8.31. The van der Waals surface area contributed by atoms with Crippen molar-refractivity contribution in [3.05, 3.63) is 73.6 Å². The Labute approximate surface area is 228 Å². The number of azide groups is 1. The molecule has 0 saturated heterocycles. The summed E-state index contributed by atoms with van der Waals surface area (Å²) < 4.78 is 42.1. The van der Waals surface area contributed by atoms with E-state index in [1.54, 1.807) is 24.3 Å². The van der Waals surface area contributed by atoms with Gasteiger partial charge in [-0.05, 0) is 60.0 Å². The molecule has 37 heavy (non-hydrogen) atoms. The van der Waals surface area contributed by atoms with Gasteiger partial charge in [0.15, 0.2) is 9.84 Å². The fourth-order valence-electron chi connectivity index (χ4n) is 4.22. The van der Waals surface area contributed by atoms with Crippen molar-refractivity contribution in [1.29, 1.82) is 0 Å². The van der Waals surface area contributed by atoms with Crippen LogP contribution in [0.2, 0.25) is 10.0 Å². The normalized spacial score (nSPS) is 15.8. The molecule has 1 heterocycles. The summed E-state index contributed by atoms with van der Waals surface area (Å²) in [4.78, 5) is 5.12. The lowest BCUT2D eigenvalue weighted by Crippen LogP contribution is -2.31. The molecule has 1 aliphatic heterocycles. The van der Waals surface area contributed by atoms with E-state index >= 15 is 0 Å². The predicted molar refractivity (Wildman–Crippen MR) is 144 cm³/mol. The Bertz CT molecular complexity index is 1190. The molecule has 1 aliphatic rings. The fourth-order valence-corrected chi connectivity index (χ4v) is 6.12. The monoisotopic (exact) mass is 570 g/mol. The van der Waals surface area contributed by atoms with Crippen LogP contribution in [0.3, 0.4) is 0 Å². The molecular formula is C25H32Cl2N4O5S. The minimum atomic E-state index is -3.47. The van der Waals surface area contributed by atoms with E-state index in [9.17, 15) is 8.42 Å². The van der Waals surface area contributed by atoms with Crippen molar-refractivity contribution < 1.29 is 22.6 Å². The highest BCUT2D eigenvalue weighted by Gasteiger charge is 2.28. The van der Waals surface area contributed by atoms with Crippen LogP contribution in [0.15, 0.2) is 46.4 Å². The molecule has 9 nitrogen and oxygen atoms in total. The first kappa shape index (κ1) is 29.7. The van der Waals surface area contributed by atoms with Gasteiger partial charge in [0.1, 0.15) is 0 Å². The lowest BCUT2D eigenvalue weighted by molar-refractivity contribution is 0.0162. The minimum absolute atomic E-state index is 0.00482. The number of hydrogen-bond acceptors (Lipinski definition) is 7. The smallest absolute Gasteiger partial charge is 0.178 e. The second kappa shape index (κ2) is 14.9. The molecule has 0 aliphatic carbocycles. The van der Waals surface area contributed by atoms with Crippen molar-refractivity contribution in [1.82, 2.24) is 4.90 Å². The minimum Gasteiger partial charge on any atom is -0.379 e. The zero-order chi connectivity index (χ0) is 26.7. The molecule has 2 aromatic carbocycles. The molecule has 0 N–H and O–H groups in total. The molecule has 202 valence electrons. The molecule has 0 amide bonds. The topological polar surface area (TPSA) is 114 Å². The summed E-state index contributed by atoms with van der Waals surface area (Å²) in [6.07, 6.45) is 0.384. The van der Waals surface area contributed by atoms with Gasteiger partial charge in [-0.3, -0.25) is 0 Å².